The van der Waals surface area contributed by atoms with E-state index in [1.807, 2.05) is 52.1 Å². The summed E-state index contributed by atoms with van der Waals surface area (Å²) in [5.74, 6) is 0.334. The fourth-order valence-corrected chi connectivity index (χ4v) is 4.41. The third kappa shape index (κ3) is 6.50. The van der Waals surface area contributed by atoms with Gasteiger partial charge in [-0.15, -0.1) is 10.2 Å². The van der Waals surface area contributed by atoms with Crippen LogP contribution in [-0.2, 0) is 11.8 Å². The first-order valence-electron chi connectivity index (χ1n) is 10.3. The molecule has 33 heavy (non-hydrogen) atoms. The van der Waals surface area contributed by atoms with Gasteiger partial charge >= 0.3 is 0 Å². The van der Waals surface area contributed by atoms with Crippen LogP contribution in [0, 0.1) is 12.8 Å². The Bertz CT molecular complexity index is 1170. The maximum Gasteiger partial charge on any atom is 0.253 e. The predicted octanol–water partition coefficient (Wildman–Crippen LogP) is 5.29. The minimum Gasteiger partial charge on any atom is -0.342 e. The number of carbonyl (C=O) groups is 2. The van der Waals surface area contributed by atoms with E-state index in [0.717, 1.165) is 11.3 Å². The number of carbonyl (C=O) groups excluding carboxylic acids is 2. The van der Waals surface area contributed by atoms with Gasteiger partial charge in [0.25, 0.3) is 5.91 Å². The molecule has 0 unspecified atom stereocenters. The number of benzene rings is 2. The molecule has 2 aromatic carbocycles. The zero-order valence-electron chi connectivity index (χ0n) is 18.7. The van der Waals surface area contributed by atoms with Gasteiger partial charge < -0.3 is 15.2 Å². The first kappa shape index (κ1) is 25.1. The monoisotopic (exact) mass is 505 g/mol. The van der Waals surface area contributed by atoms with E-state index in [1.54, 1.807) is 16.7 Å². The van der Waals surface area contributed by atoms with Crippen molar-refractivity contribution in [2.75, 3.05) is 11.1 Å². The highest BCUT2D eigenvalue weighted by atomic mass is 35.5. The fraction of sp³-hybridized carbons (Fsp3) is 0.304. The Morgan fingerprint density at radius 2 is 1.88 bits per heavy atom. The number of nitrogens with one attached hydrogen (secondary N) is 2. The number of anilines is 1. The van der Waals surface area contributed by atoms with Crippen molar-refractivity contribution in [1.82, 2.24) is 20.1 Å². The molecule has 2 amide bonds. The van der Waals surface area contributed by atoms with E-state index in [-0.39, 0.29) is 28.5 Å². The highest BCUT2D eigenvalue weighted by molar-refractivity contribution is 7.99. The molecule has 0 radical (unpaired) electrons. The van der Waals surface area contributed by atoms with Gasteiger partial charge in [0.2, 0.25) is 5.91 Å². The Hall–Kier alpha value is -2.55. The molecule has 174 valence electrons. The van der Waals surface area contributed by atoms with Gasteiger partial charge in [0.1, 0.15) is 0 Å². The van der Waals surface area contributed by atoms with Crippen molar-refractivity contribution in [3.8, 4) is 0 Å². The highest BCUT2D eigenvalue weighted by Crippen LogP contribution is 2.26. The third-order valence-corrected chi connectivity index (χ3v) is 6.48. The van der Waals surface area contributed by atoms with Crippen LogP contribution < -0.4 is 10.6 Å². The Balaban J connectivity index is 1.68. The van der Waals surface area contributed by atoms with Gasteiger partial charge in [-0.3, -0.25) is 9.59 Å². The molecule has 1 aromatic heterocycles. The van der Waals surface area contributed by atoms with E-state index in [9.17, 15) is 9.59 Å². The van der Waals surface area contributed by atoms with Crippen LogP contribution in [0.1, 0.15) is 41.6 Å². The smallest absolute Gasteiger partial charge is 0.253 e. The first-order chi connectivity index (χ1) is 15.7. The van der Waals surface area contributed by atoms with Gasteiger partial charge in [-0.2, -0.15) is 0 Å². The van der Waals surface area contributed by atoms with E-state index in [4.69, 9.17) is 23.2 Å². The molecule has 0 saturated heterocycles. The highest BCUT2D eigenvalue weighted by Gasteiger charge is 2.26. The van der Waals surface area contributed by atoms with Crippen LogP contribution >= 0.6 is 35.0 Å². The second-order valence-corrected chi connectivity index (χ2v) is 9.71. The molecule has 0 aliphatic heterocycles. The summed E-state index contributed by atoms with van der Waals surface area (Å²) in [6, 6.07) is 11.9. The van der Waals surface area contributed by atoms with Crippen LogP contribution in [0.5, 0.6) is 0 Å². The molecule has 10 heteroatoms. The van der Waals surface area contributed by atoms with E-state index in [0.29, 0.717) is 21.6 Å². The van der Waals surface area contributed by atoms with E-state index < -0.39 is 6.04 Å². The molecule has 1 atom stereocenters. The molecule has 0 aliphatic rings. The summed E-state index contributed by atoms with van der Waals surface area (Å²) in [5, 5.41) is 15.7. The molecule has 0 spiro atoms. The number of thioether (sulfide) groups is 1. The maximum absolute atomic E-state index is 12.8. The number of halogens is 2. The van der Waals surface area contributed by atoms with Gasteiger partial charge in [0.15, 0.2) is 11.0 Å². The summed E-state index contributed by atoms with van der Waals surface area (Å²) in [4.78, 5) is 25.2. The average Bonchev–Trinajstić information content (AvgIpc) is 3.10. The maximum atomic E-state index is 12.8. The first-order valence-corrected chi connectivity index (χ1v) is 12.0. The molecule has 0 saturated carbocycles. The Labute approximate surface area is 207 Å². The average molecular weight is 506 g/mol. The van der Waals surface area contributed by atoms with Crippen molar-refractivity contribution in [3.05, 3.63) is 69.5 Å². The van der Waals surface area contributed by atoms with Gasteiger partial charge in [0.05, 0.1) is 22.4 Å². The second kappa shape index (κ2) is 11.0. The fourth-order valence-electron chi connectivity index (χ4n) is 3.19. The Morgan fingerprint density at radius 1 is 1.12 bits per heavy atom. The van der Waals surface area contributed by atoms with Crippen molar-refractivity contribution in [2.24, 2.45) is 13.0 Å². The number of hydrogen-bond donors (Lipinski definition) is 2. The normalized spacial score (nSPS) is 12.0. The molecular weight excluding hydrogens is 481 g/mol. The molecule has 0 aliphatic carbocycles. The third-order valence-electron chi connectivity index (χ3n) is 4.91. The summed E-state index contributed by atoms with van der Waals surface area (Å²) in [7, 11) is 1.81. The zero-order valence-corrected chi connectivity index (χ0v) is 21.1. The Morgan fingerprint density at radius 3 is 2.55 bits per heavy atom. The molecule has 1 heterocycles. The molecule has 3 rings (SSSR count). The number of amides is 2. The molecule has 7 nitrogen and oxygen atoms in total. The summed E-state index contributed by atoms with van der Waals surface area (Å²) < 4.78 is 1.79. The number of nitrogens with zero attached hydrogens (tertiary/aromatic N) is 3. The Kier molecular flexibility index (Phi) is 8.40. The summed E-state index contributed by atoms with van der Waals surface area (Å²) >= 11 is 13.4. The topological polar surface area (TPSA) is 88.9 Å². The quantitative estimate of drug-likeness (QED) is 0.406. The number of aryl methyl sites for hydroxylation is 1. The molecule has 0 bridgehead atoms. The molecule has 0 fully saturated rings. The van der Waals surface area contributed by atoms with Gasteiger partial charge in [-0.25, -0.2) is 0 Å². The second-order valence-electron chi connectivity index (χ2n) is 7.93. The van der Waals surface area contributed by atoms with Crippen molar-refractivity contribution in [2.45, 2.75) is 32.0 Å². The number of aromatic nitrogens is 3. The summed E-state index contributed by atoms with van der Waals surface area (Å²) in [5.41, 5.74) is 2.15. The number of rotatable bonds is 8. The van der Waals surface area contributed by atoms with E-state index in [2.05, 4.69) is 20.8 Å². The van der Waals surface area contributed by atoms with Crippen molar-refractivity contribution in [1.29, 1.82) is 0 Å². The number of hydrogen-bond acceptors (Lipinski definition) is 5. The lowest BCUT2D eigenvalue weighted by atomic mass is 10.0. The minimum absolute atomic E-state index is 0.0328. The summed E-state index contributed by atoms with van der Waals surface area (Å²) in [6.07, 6.45) is 0. The lowest BCUT2D eigenvalue weighted by Gasteiger charge is -2.22. The SMILES string of the molecule is Cc1cccc(NC(=O)CSc2nnc([C@@H](NC(=O)c3ccc(Cl)cc3Cl)C(C)C)n2C)c1. The lowest BCUT2D eigenvalue weighted by Crippen LogP contribution is -2.33. The van der Waals surface area contributed by atoms with Crippen LogP contribution in [0.15, 0.2) is 47.6 Å². The standard InChI is InChI=1S/C23H25Cl2N5O2S/c1-13(2)20(27-22(32)17-9-8-15(24)11-18(17)25)21-28-29-23(30(21)4)33-12-19(31)26-16-7-5-6-14(3)10-16/h5-11,13,20H,12H2,1-4H3,(H,26,31)(H,27,32)/t20-/m0/s1. The molecule has 2 N–H and O–H groups in total. The molecular formula is C23H25Cl2N5O2S. The molecule has 3 aromatic rings. The minimum atomic E-state index is -0.405. The lowest BCUT2D eigenvalue weighted by molar-refractivity contribution is -0.113. The van der Waals surface area contributed by atoms with E-state index >= 15 is 0 Å². The van der Waals surface area contributed by atoms with Gasteiger partial charge in [-0.05, 0) is 48.7 Å². The van der Waals surface area contributed by atoms with Gasteiger partial charge in [0, 0.05) is 17.8 Å². The van der Waals surface area contributed by atoms with Crippen LogP contribution in [0.2, 0.25) is 10.0 Å². The largest absolute Gasteiger partial charge is 0.342 e. The van der Waals surface area contributed by atoms with Crippen molar-refractivity contribution in [3.63, 3.8) is 0 Å². The zero-order chi connectivity index (χ0) is 24.1. The van der Waals surface area contributed by atoms with Crippen LogP contribution in [-0.4, -0.2) is 32.3 Å². The van der Waals surface area contributed by atoms with E-state index in [1.165, 1.54) is 17.8 Å². The predicted molar refractivity (Wildman–Crippen MR) is 133 cm³/mol. The van der Waals surface area contributed by atoms with Crippen LogP contribution in [0.4, 0.5) is 5.69 Å². The van der Waals surface area contributed by atoms with Gasteiger partial charge in [-0.1, -0.05) is 60.9 Å². The van der Waals surface area contributed by atoms with Crippen LogP contribution in [0.3, 0.4) is 0 Å². The summed E-state index contributed by atoms with van der Waals surface area (Å²) in [6.45, 7) is 5.92. The van der Waals surface area contributed by atoms with Crippen molar-refractivity contribution < 1.29 is 9.59 Å². The van der Waals surface area contributed by atoms with Crippen LogP contribution in [0.25, 0.3) is 0 Å². The van der Waals surface area contributed by atoms with Crippen molar-refractivity contribution >= 4 is 52.5 Å².